The smallest absolute Gasteiger partial charge is 0.273 e. The van der Waals surface area contributed by atoms with Crippen LogP contribution in [0.1, 0.15) is 35.7 Å². The van der Waals surface area contributed by atoms with E-state index >= 15 is 0 Å². The first kappa shape index (κ1) is 15.2. The lowest BCUT2D eigenvalue weighted by molar-refractivity contribution is -0.385. The second kappa shape index (κ2) is 6.03. The van der Waals surface area contributed by atoms with E-state index in [4.69, 9.17) is 0 Å². The van der Waals surface area contributed by atoms with Crippen LogP contribution in [0.3, 0.4) is 0 Å². The number of Topliss-reactive ketones (excluding diaryl/α,β-unsaturated/α-hetero) is 1. The Morgan fingerprint density at radius 1 is 1.48 bits per heavy atom. The molecule has 1 aliphatic heterocycles. The minimum Gasteiger partial charge on any atom is -0.337 e. The molecule has 0 saturated carbocycles. The molecule has 1 fully saturated rings. The van der Waals surface area contributed by atoms with Crippen LogP contribution in [0.15, 0.2) is 18.2 Å². The van der Waals surface area contributed by atoms with Crippen molar-refractivity contribution < 1.29 is 14.5 Å². The maximum atomic E-state index is 12.6. The van der Waals surface area contributed by atoms with Crippen LogP contribution in [0.4, 0.5) is 5.69 Å². The molecule has 6 heteroatoms. The highest BCUT2D eigenvalue weighted by molar-refractivity contribution is 5.97. The maximum absolute atomic E-state index is 12.6. The monoisotopic (exact) mass is 290 g/mol. The fourth-order valence-corrected chi connectivity index (χ4v) is 2.67. The van der Waals surface area contributed by atoms with Gasteiger partial charge < -0.3 is 4.90 Å². The van der Waals surface area contributed by atoms with E-state index in [0.29, 0.717) is 37.1 Å². The average Bonchev–Trinajstić information content (AvgIpc) is 2.47. The minimum absolute atomic E-state index is 0.0547. The Bertz CT molecular complexity index is 597. The molecule has 1 amide bonds. The molecule has 1 aromatic rings. The zero-order chi connectivity index (χ0) is 15.6. The van der Waals surface area contributed by atoms with Crippen LogP contribution in [0.25, 0.3) is 0 Å². The minimum atomic E-state index is -0.485. The highest BCUT2D eigenvalue weighted by Gasteiger charge is 2.30. The van der Waals surface area contributed by atoms with E-state index in [1.54, 1.807) is 17.9 Å². The van der Waals surface area contributed by atoms with Gasteiger partial charge in [0.15, 0.2) is 0 Å². The zero-order valence-electron chi connectivity index (χ0n) is 12.2. The number of piperidine rings is 1. The van der Waals surface area contributed by atoms with Crippen molar-refractivity contribution in [2.45, 2.75) is 26.7 Å². The van der Waals surface area contributed by atoms with Gasteiger partial charge in [0.05, 0.1) is 4.92 Å². The molecule has 1 saturated heterocycles. The number of likely N-dealkylation sites (tertiary alicyclic amines) is 1. The molecule has 21 heavy (non-hydrogen) atoms. The third-order valence-electron chi connectivity index (χ3n) is 4.04. The number of carbonyl (C=O) groups excluding carboxylic acids is 2. The Labute approximate surface area is 122 Å². The Balaban J connectivity index is 2.27. The quantitative estimate of drug-likeness (QED) is 0.632. The summed E-state index contributed by atoms with van der Waals surface area (Å²) in [7, 11) is 0. The molecule has 2 rings (SSSR count). The summed E-state index contributed by atoms with van der Waals surface area (Å²) < 4.78 is 0. The van der Waals surface area contributed by atoms with Gasteiger partial charge in [-0.1, -0.05) is 13.0 Å². The summed E-state index contributed by atoms with van der Waals surface area (Å²) in [6, 6.07) is 4.51. The van der Waals surface area contributed by atoms with Gasteiger partial charge in [-0.15, -0.1) is 0 Å². The summed E-state index contributed by atoms with van der Waals surface area (Å²) in [5, 5.41) is 11.0. The molecular weight excluding hydrogens is 272 g/mol. The van der Waals surface area contributed by atoms with Crippen LogP contribution in [-0.4, -0.2) is 34.6 Å². The van der Waals surface area contributed by atoms with Crippen molar-refractivity contribution in [3.8, 4) is 0 Å². The third kappa shape index (κ3) is 2.94. The largest absolute Gasteiger partial charge is 0.337 e. The molecule has 1 unspecified atom stereocenters. The SMILES string of the molecule is CCC1CN(C(=O)c2cccc([N+](=O)[O-])c2C)CCC1=O. The molecule has 6 nitrogen and oxygen atoms in total. The van der Waals surface area contributed by atoms with Crippen LogP contribution < -0.4 is 0 Å². The maximum Gasteiger partial charge on any atom is 0.273 e. The Hall–Kier alpha value is -2.24. The van der Waals surface area contributed by atoms with Crippen LogP contribution in [0, 0.1) is 23.0 Å². The molecule has 0 N–H and O–H groups in total. The summed E-state index contributed by atoms with van der Waals surface area (Å²) in [6.45, 7) is 4.29. The van der Waals surface area contributed by atoms with Crippen molar-refractivity contribution >= 4 is 17.4 Å². The third-order valence-corrected chi connectivity index (χ3v) is 4.04. The molecule has 112 valence electrons. The molecule has 0 bridgehead atoms. The number of benzene rings is 1. The molecule has 0 spiro atoms. The van der Waals surface area contributed by atoms with E-state index in [1.165, 1.54) is 12.1 Å². The van der Waals surface area contributed by atoms with E-state index in [-0.39, 0.29) is 23.3 Å². The van der Waals surface area contributed by atoms with Crippen molar-refractivity contribution in [2.24, 2.45) is 5.92 Å². The first-order chi connectivity index (χ1) is 9.95. The molecule has 1 aliphatic rings. The van der Waals surface area contributed by atoms with Crippen LogP contribution in [0.5, 0.6) is 0 Å². The predicted molar refractivity (Wildman–Crippen MR) is 77.1 cm³/mol. The first-order valence-electron chi connectivity index (χ1n) is 7.01. The van der Waals surface area contributed by atoms with Crippen LogP contribution >= 0.6 is 0 Å². The lowest BCUT2D eigenvalue weighted by Gasteiger charge is -2.31. The first-order valence-corrected chi connectivity index (χ1v) is 7.01. The number of nitro benzene ring substituents is 1. The van der Waals surface area contributed by atoms with Gasteiger partial charge in [-0.3, -0.25) is 19.7 Å². The number of nitro groups is 1. The van der Waals surface area contributed by atoms with Gasteiger partial charge in [0.1, 0.15) is 5.78 Å². The van der Waals surface area contributed by atoms with Crippen LogP contribution in [0.2, 0.25) is 0 Å². The standard InChI is InChI=1S/C15H18N2O4/c1-3-11-9-16(8-7-14(11)18)15(19)12-5-4-6-13(10(12)2)17(20)21/h4-6,11H,3,7-9H2,1-2H3. The lowest BCUT2D eigenvalue weighted by atomic mass is 9.93. The summed E-state index contributed by atoms with van der Waals surface area (Å²) >= 11 is 0. The number of carbonyl (C=O) groups is 2. The van der Waals surface area contributed by atoms with E-state index in [0.717, 1.165) is 0 Å². The molecule has 0 aliphatic carbocycles. The number of hydrogen-bond acceptors (Lipinski definition) is 4. The second-order valence-electron chi connectivity index (χ2n) is 5.28. The molecule has 1 aromatic carbocycles. The Morgan fingerprint density at radius 3 is 2.81 bits per heavy atom. The van der Waals surface area contributed by atoms with Gasteiger partial charge in [-0.25, -0.2) is 0 Å². The molecule has 0 radical (unpaired) electrons. The van der Waals surface area contributed by atoms with Gasteiger partial charge in [0.2, 0.25) is 0 Å². The van der Waals surface area contributed by atoms with E-state index < -0.39 is 4.92 Å². The topological polar surface area (TPSA) is 80.5 Å². The summed E-state index contributed by atoms with van der Waals surface area (Å²) in [5.41, 5.74) is 0.659. The lowest BCUT2D eigenvalue weighted by Crippen LogP contribution is -2.44. The van der Waals surface area contributed by atoms with Gasteiger partial charge >= 0.3 is 0 Å². The van der Waals surface area contributed by atoms with Crippen molar-refractivity contribution in [1.29, 1.82) is 0 Å². The van der Waals surface area contributed by atoms with Crippen molar-refractivity contribution in [3.63, 3.8) is 0 Å². The average molecular weight is 290 g/mol. The zero-order valence-corrected chi connectivity index (χ0v) is 12.2. The van der Waals surface area contributed by atoms with Gasteiger partial charge in [-0.05, 0) is 19.4 Å². The fraction of sp³-hybridized carbons (Fsp3) is 0.467. The van der Waals surface area contributed by atoms with E-state index in [1.807, 2.05) is 6.92 Å². The van der Waals surface area contributed by atoms with Gasteiger partial charge in [0, 0.05) is 42.6 Å². The predicted octanol–water partition coefficient (Wildman–Crippen LogP) is 2.34. The van der Waals surface area contributed by atoms with Crippen molar-refractivity contribution in [2.75, 3.05) is 13.1 Å². The summed E-state index contributed by atoms with van der Waals surface area (Å²) in [5.74, 6) is -0.166. The number of amides is 1. The van der Waals surface area contributed by atoms with Gasteiger partial charge in [-0.2, -0.15) is 0 Å². The number of ketones is 1. The second-order valence-corrected chi connectivity index (χ2v) is 5.28. The summed E-state index contributed by atoms with van der Waals surface area (Å²) in [4.78, 5) is 36.4. The van der Waals surface area contributed by atoms with E-state index in [9.17, 15) is 19.7 Å². The number of nitrogens with zero attached hydrogens (tertiary/aromatic N) is 2. The fourth-order valence-electron chi connectivity index (χ4n) is 2.67. The molecule has 1 heterocycles. The van der Waals surface area contributed by atoms with Crippen molar-refractivity contribution in [1.82, 2.24) is 4.90 Å². The molecule has 0 aromatic heterocycles. The van der Waals surface area contributed by atoms with E-state index in [2.05, 4.69) is 0 Å². The van der Waals surface area contributed by atoms with Gasteiger partial charge in [0.25, 0.3) is 11.6 Å². The van der Waals surface area contributed by atoms with Crippen molar-refractivity contribution in [3.05, 3.63) is 39.4 Å². The normalized spacial score (nSPS) is 18.7. The Morgan fingerprint density at radius 2 is 2.19 bits per heavy atom. The highest BCUT2D eigenvalue weighted by Crippen LogP contribution is 2.24. The number of rotatable bonds is 3. The summed E-state index contributed by atoms with van der Waals surface area (Å²) in [6.07, 6.45) is 1.06. The molecular formula is C15H18N2O4. The number of hydrogen-bond donors (Lipinski definition) is 0. The Kier molecular flexibility index (Phi) is 4.35. The molecule has 1 atom stereocenters. The van der Waals surface area contributed by atoms with Crippen LogP contribution in [-0.2, 0) is 4.79 Å². The highest BCUT2D eigenvalue weighted by atomic mass is 16.6.